The molecule has 2 unspecified atom stereocenters. The molecule has 2 saturated heterocycles. The lowest BCUT2D eigenvalue weighted by atomic mass is 9.88. The van der Waals surface area contributed by atoms with Crippen LogP contribution in [0.3, 0.4) is 0 Å². The van der Waals surface area contributed by atoms with Crippen LogP contribution in [0, 0.1) is 5.41 Å². The van der Waals surface area contributed by atoms with Crippen LogP contribution in [0.2, 0.25) is 0 Å². The Labute approximate surface area is 121 Å². The zero-order valence-electron chi connectivity index (χ0n) is 12.6. The van der Waals surface area contributed by atoms with Gasteiger partial charge in [-0.3, -0.25) is 4.79 Å². The Bertz CT molecular complexity index is 375. The van der Waals surface area contributed by atoms with Gasteiger partial charge in [-0.05, 0) is 57.9 Å². The highest BCUT2D eigenvalue weighted by Crippen LogP contribution is 2.36. The average Bonchev–Trinajstić information content (AvgIpc) is 2.85. The molecule has 2 rings (SSSR count). The Morgan fingerprint density at radius 3 is 2.65 bits per heavy atom. The van der Waals surface area contributed by atoms with Crippen molar-refractivity contribution in [2.75, 3.05) is 6.61 Å². The highest BCUT2D eigenvalue weighted by Gasteiger charge is 2.41. The third-order valence-electron chi connectivity index (χ3n) is 4.30. The Kier molecular flexibility index (Phi) is 4.86. The van der Waals surface area contributed by atoms with Crippen molar-refractivity contribution in [2.24, 2.45) is 5.41 Å². The van der Waals surface area contributed by atoms with E-state index >= 15 is 0 Å². The number of carbonyl (C=O) groups excluding carboxylic acids is 1. The van der Waals surface area contributed by atoms with Gasteiger partial charge in [0.2, 0.25) is 0 Å². The van der Waals surface area contributed by atoms with Gasteiger partial charge in [-0.25, -0.2) is 0 Å². The van der Waals surface area contributed by atoms with Gasteiger partial charge in [-0.15, -0.1) is 0 Å². The molecule has 2 aliphatic heterocycles. The molecule has 2 heterocycles. The van der Waals surface area contributed by atoms with E-state index in [0.717, 1.165) is 44.1 Å². The number of carbonyl (C=O) groups is 1. The van der Waals surface area contributed by atoms with Crippen LogP contribution >= 0.6 is 0 Å². The van der Waals surface area contributed by atoms with E-state index in [1.807, 2.05) is 13.8 Å². The minimum atomic E-state index is -0.345. The van der Waals surface area contributed by atoms with Gasteiger partial charge in [-0.1, -0.05) is 6.58 Å². The standard InChI is InChI=1S/C16H26O4/c1-11-9-12(5-4-8-17)19-14(11)7-6-13-10-16(2,3)15(18)20-13/h12-14,17H,1,4-10H2,2-3H3/t12?,13-,14?/m1/s1. The van der Waals surface area contributed by atoms with Crippen LogP contribution in [-0.2, 0) is 14.3 Å². The first-order valence-corrected chi connectivity index (χ1v) is 7.57. The molecule has 114 valence electrons. The summed E-state index contributed by atoms with van der Waals surface area (Å²) in [4.78, 5) is 11.6. The maximum atomic E-state index is 11.6. The van der Waals surface area contributed by atoms with E-state index in [0.29, 0.717) is 0 Å². The van der Waals surface area contributed by atoms with E-state index in [9.17, 15) is 4.79 Å². The van der Waals surface area contributed by atoms with Gasteiger partial charge >= 0.3 is 5.97 Å². The van der Waals surface area contributed by atoms with E-state index in [-0.39, 0.29) is 36.3 Å². The summed E-state index contributed by atoms with van der Waals surface area (Å²) in [6.45, 7) is 8.17. The molecule has 4 nitrogen and oxygen atoms in total. The highest BCUT2D eigenvalue weighted by atomic mass is 16.6. The summed E-state index contributed by atoms with van der Waals surface area (Å²) >= 11 is 0. The molecule has 2 fully saturated rings. The predicted octanol–water partition coefficient (Wildman–Crippen LogP) is 2.59. The largest absolute Gasteiger partial charge is 0.462 e. The Hall–Kier alpha value is -0.870. The van der Waals surface area contributed by atoms with Crippen molar-refractivity contribution < 1.29 is 19.4 Å². The first kappa shape index (κ1) is 15.5. The summed E-state index contributed by atoms with van der Waals surface area (Å²) in [6, 6.07) is 0. The number of esters is 1. The lowest BCUT2D eigenvalue weighted by Crippen LogP contribution is -2.16. The molecule has 1 N–H and O–H groups in total. The molecule has 0 aromatic heterocycles. The van der Waals surface area contributed by atoms with Crippen LogP contribution in [0.5, 0.6) is 0 Å². The molecule has 0 saturated carbocycles. The average molecular weight is 282 g/mol. The predicted molar refractivity (Wildman–Crippen MR) is 76.2 cm³/mol. The molecular formula is C16H26O4. The zero-order valence-corrected chi connectivity index (χ0v) is 12.6. The van der Waals surface area contributed by atoms with Gasteiger partial charge in [0, 0.05) is 6.61 Å². The number of ether oxygens (including phenoxy) is 2. The Balaban J connectivity index is 1.75. The third kappa shape index (κ3) is 3.61. The summed E-state index contributed by atoms with van der Waals surface area (Å²) in [5.74, 6) is -0.0884. The van der Waals surface area contributed by atoms with Crippen LogP contribution < -0.4 is 0 Å². The van der Waals surface area contributed by atoms with Crippen LogP contribution in [-0.4, -0.2) is 36.0 Å². The second kappa shape index (κ2) is 6.27. The minimum Gasteiger partial charge on any atom is -0.462 e. The molecule has 0 amide bonds. The maximum absolute atomic E-state index is 11.6. The smallest absolute Gasteiger partial charge is 0.311 e. The fourth-order valence-corrected chi connectivity index (χ4v) is 3.07. The number of aliphatic hydroxyl groups is 1. The molecule has 4 heteroatoms. The number of hydrogen-bond acceptors (Lipinski definition) is 4. The van der Waals surface area contributed by atoms with Crippen molar-refractivity contribution in [1.82, 2.24) is 0 Å². The molecule has 3 atom stereocenters. The molecule has 0 aromatic rings. The van der Waals surface area contributed by atoms with Crippen LogP contribution in [0.1, 0.15) is 52.4 Å². The van der Waals surface area contributed by atoms with E-state index < -0.39 is 0 Å². The summed E-state index contributed by atoms with van der Waals surface area (Å²) in [5, 5.41) is 8.85. The number of cyclic esters (lactones) is 1. The fraction of sp³-hybridized carbons (Fsp3) is 0.812. The minimum absolute atomic E-state index is 0.0189. The highest BCUT2D eigenvalue weighted by molar-refractivity contribution is 5.78. The first-order chi connectivity index (χ1) is 9.42. The number of hydrogen-bond donors (Lipinski definition) is 1. The molecule has 0 spiro atoms. The summed E-state index contributed by atoms with van der Waals surface area (Å²) < 4.78 is 11.4. The van der Waals surface area contributed by atoms with Gasteiger partial charge in [-0.2, -0.15) is 0 Å². The van der Waals surface area contributed by atoms with Crippen LogP contribution in [0.25, 0.3) is 0 Å². The molecular weight excluding hydrogens is 256 g/mol. The summed E-state index contributed by atoms with van der Waals surface area (Å²) in [6.07, 6.45) is 5.35. The van der Waals surface area contributed by atoms with Crippen molar-refractivity contribution in [3.63, 3.8) is 0 Å². The summed E-state index contributed by atoms with van der Waals surface area (Å²) in [7, 11) is 0. The van der Waals surface area contributed by atoms with Crippen molar-refractivity contribution in [3.8, 4) is 0 Å². The second-order valence-electron chi connectivity index (χ2n) is 6.67. The van der Waals surface area contributed by atoms with Crippen molar-refractivity contribution in [2.45, 2.75) is 70.7 Å². The quantitative estimate of drug-likeness (QED) is 0.601. The van der Waals surface area contributed by atoms with Crippen molar-refractivity contribution in [1.29, 1.82) is 0 Å². The van der Waals surface area contributed by atoms with E-state index in [2.05, 4.69) is 6.58 Å². The van der Waals surface area contributed by atoms with Crippen LogP contribution in [0.15, 0.2) is 12.2 Å². The summed E-state index contributed by atoms with van der Waals surface area (Å²) in [5.41, 5.74) is 0.790. The Morgan fingerprint density at radius 2 is 2.05 bits per heavy atom. The monoisotopic (exact) mass is 282 g/mol. The van der Waals surface area contributed by atoms with E-state index in [1.54, 1.807) is 0 Å². The Morgan fingerprint density at radius 1 is 1.30 bits per heavy atom. The SMILES string of the molecule is C=C1CC(CCCO)OC1CC[C@@H]1CC(C)(C)C(=O)O1. The maximum Gasteiger partial charge on any atom is 0.311 e. The van der Waals surface area contributed by atoms with Crippen molar-refractivity contribution in [3.05, 3.63) is 12.2 Å². The lowest BCUT2D eigenvalue weighted by molar-refractivity contribution is -0.147. The number of rotatable bonds is 6. The first-order valence-electron chi connectivity index (χ1n) is 7.57. The second-order valence-corrected chi connectivity index (χ2v) is 6.67. The fourth-order valence-electron chi connectivity index (χ4n) is 3.07. The van der Waals surface area contributed by atoms with E-state index in [1.165, 1.54) is 0 Å². The van der Waals surface area contributed by atoms with E-state index in [4.69, 9.17) is 14.6 Å². The molecule has 0 bridgehead atoms. The molecule has 2 aliphatic rings. The topological polar surface area (TPSA) is 55.8 Å². The van der Waals surface area contributed by atoms with Gasteiger partial charge in [0.1, 0.15) is 6.10 Å². The zero-order chi connectivity index (χ0) is 14.8. The molecule has 0 radical (unpaired) electrons. The molecule has 0 aliphatic carbocycles. The van der Waals surface area contributed by atoms with Crippen molar-refractivity contribution >= 4 is 5.97 Å². The normalized spacial score (nSPS) is 32.6. The van der Waals surface area contributed by atoms with Gasteiger partial charge in [0.25, 0.3) is 0 Å². The third-order valence-corrected chi connectivity index (χ3v) is 4.30. The van der Waals surface area contributed by atoms with Gasteiger partial charge in [0.05, 0.1) is 17.6 Å². The molecule has 0 aromatic carbocycles. The lowest BCUT2D eigenvalue weighted by Gasteiger charge is -2.16. The van der Waals surface area contributed by atoms with Crippen LogP contribution in [0.4, 0.5) is 0 Å². The molecule has 20 heavy (non-hydrogen) atoms. The van der Waals surface area contributed by atoms with Gasteiger partial charge < -0.3 is 14.6 Å². The van der Waals surface area contributed by atoms with Gasteiger partial charge in [0.15, 0.2) is 0 Å². The number of aliphatic hydroxyl groups excluding tert-OH is 1.